The molecule has 0 spiro atoms. The molecule has 0 atom stereocenters. The second-order valence-electron chi connectivity index (χ2n) is 3.72. The zero-order chi connectivity index (χ0) is 12.3. The lowest BCUT2D eigenvalue weighted by molar-refractivity contribution is 0.797. The van der Waals surface area contributed by atoms with Crippen LogP contribution in [0.25, 0.3) is 5.82 Å². The van der Waals surface area contributed by atoms with Crippen LogP contribution in [0.2, 0.25) is 0 Å². The van der Waals surface area contributed by atoms with E-state index in [-0.39, 0.29) is 0 Å². The van der Waals surface area contributed by atoms with Crippen molar-refractivity contribution >= 4 is 5.69 Å². The number of rotatable bonds is 3. The predicted octanol–water partition coefficient (Wildman–Crippen LogP) is 1.67. The van der Waals surface area contributed by atoms with Crippen molar-refractivity contribution in [2.24, 2.45) is 0 Å². The normalized spacial score (nSPS) is 10.1. The Morgan fingerprint density at radius 1 is 1.47 bits per heavy atom. The molecule has 0 aliphatic heterocycles. The molecular formula is C12H13N5. The highest BCUT2D eigenvalue weighted by Crippen LogP contribution is 2.16. The zero-order valence-electron chi connectivity index (χ0n) is 9.59. The molecule has 2 rings (SSSR count). The fourth-order valence-electron chi connectivity index (χ4n) is 1.68. The Bertz CT molecular complexity index is 565. The summed E-state index contributed by atoms with van der Waals surface area (Å²) in [5, 5.41) is 9.08. The molecule has 2 heterocycles. The Kier molecular flexibility index (Phi) is 3.06. The number of aryl methyl sites for hydroxylation is 1. The van der Waals surface area contributed by atoms with Gasteiger partial charge in [0.15, 0.2) is 5.82 Å². The van der Waals surface area contributed by atoms with Crippen LogP contribution in [0.5, 0.6) is 0 Å². The first-order valence-corrected chi connectivity index (χ1v) is 5.44. The monoisotopic (exact) mass is 227 g/mol. The van der Waals surface area contributed by atoms with Gasteiger partial charge in [-0.05, 0) is 12.5 Å². The van der Waals surface area contributed by atoms with Crippen LogP contribution in [0.15, 0.2) is 24.7 Å². The summed E-state index contributed by atoms with van der Waals surface area (Å²) in [6, 6.07) is 3.73. The second-order valence-corrected chi connectivity index (χ2v) is 3.72. The van der Waals surface area contributed by atoms with Gasteiger partial charge in [-0.3, -0.25) is 4.57 Å². The molecule has 0 unspecified atom stereocenters. The summed E-state index contributed by atoms with van der Waals surface area (Å²) < 4.78 is 1.83. The van der Waals surface area contributed by atoms with E-state index in [1.807, 2.05) is 10.8 Å². The van der Waals surface area contributed by atoms with Gasteiger partial charge >= 0.3 is 0 Å². The summed E-state index contributed by atoms with van der Waals surface area (Å²) >= 11 is 0. The number of nitrogens with two attached hydrogens (primary N) is 1. The van der Waals surface area contributed by atoms with Crippen molar-refractivity contribution in [3.8, 4) is 11.9 Å². The van der Waals surface area contributed by atoms with Gasteiger partial charge in [-0.2, -0.15) is 5.26 Å². The molecule has 5 heteroatoms. The first-order valence-electron chi connectivity index (χ1n) is 5.44. The number of anilines is 1. The second kappa shape index (κ2) is 4.66. The molecule has 0 fully saturated rings. The molecule has 2 aromatic rings. The number of imidazole rings is 1. The van der Waals surface area contributed by atoms with E-state index in [0.29, 0.717) is 17.1 Å². The lowest BCUT2D eigenvalue weighted by Crippen LogP contribution is -2.05. The van der Waals surface area contributed by atoms with Gasteiger partial charge in [0.1, 0.15) is 11.9 Å². The highest BCUT2D eigenvalue weighted by Gasteiger charge is 2.10. The zero-order valence-corrected chi connectivity index (χ0v) is 9.59. The molecule has 86 valence electrons. The maximum absolute atomic E-state index is 9.08. The first-order chi connectivity index (χ1) is 8.26. The van der Waals surface area contributed by atoms with Gasteiger partial charge in [0, 0.05) is 18.8 Å². The van der Waals surface area contributed by atoms with Gasteiger partial charge in [0.25, 0.3) is 0 Å². The third kappa shape index (κ3) is 2.11. The summed E-state index contributed by atoms with van der Waals surface area (Å²) in [5.41, 5.74) is 6.56. The van der Waals surface area contributed by atoms with Crippen LogP contribution in [0.1, 0.15) is 24.7 Å². The van der Waals surface area contributed by atoms with E-state index in [0.717, 1.165) is 18.7 Å². The van der Waals surface area contributed by atoms with Crippen LogP contribution in [-0.4, -0.2) is 14.5 Å². The molecule has 0 saturated heterocycles. The minimum atomic E-state index is 0.459. The Morgan fingerprint density at radius 3 is 3.00 bits per heavy atom. The predicted molar refractivity (Wildman–Crippen MR) is 64.5 cm³/mol. The van der Waals surface area contributed by atoms with Gasteiger partial charge in [-0.1, -0.05) is 6.92 Å². The van der Waals surface area contributed by atoms with Gasteiger partial charge in [0.05, 0.1) is 17.4 Å². The highest BCUT2D eigenvalue weighted by atomic mass is 15.1. The minimum absolute atomic E-state index is 0.459. The molecule has 0 radical (unpaired) electrons. The van der Waals surface area contributed by atoms with Crippen LogP contribution < -0.4 is 5.73 Å². The summed E-state index contributed by atoms with van der Waals surface area (Å²) in [6.07, 6.45) is 6.91. The molecule has 2 N–H and O–H groups in total. The molecule has 0 aliphatic rings. The summed E-state index contributed by atoms with van der Waals surface area (Å²) in [4.78, 5) is 8.47. The lowest BCUT2D eigenvalue weighted by Gasteiger charge is -2.08. The van der Waals surface area contributed by atoms with Crippen molar-refractivity contribution in [2.45, 2.75) is 19.8 Å². The first kappa shape index (κ1) is 11.1. The summed E-state index contributed by atoms with van der Waals surface area (Å²) in [5.74, 6) is 1.49. The number of aromatic nitrogens is 3. The topological polar surface area (TPSA) is 80.5 Å². The van der Waals surface area contributed by atoms with Crippen LogP contribution >= 0.6 is 0 Å². The van der Waals surface area contributed by atoms with E-state index >= 15 is 0 Å². The van der Waals surface area contributed by atoms with Crippen LogP contribution in [0.4, 0.5) is 5.69 Å². The summed E-state index contributed by atoms with van der Waals surface area (Å²) in [7, 11) is 0. The average molecular weight is 227 g/mol. The molecular weight excluding hydrogens is 214 g/mol. The SMILES string of the molecule is CCCc1nccn1-c1ncc(N)cc1C#N. The Hall–Kier alpha value is -2.35. The van der Waals surface area contributed by atoms with Crippen LogP contribution in [0.3, 0.4) is 0 Å². The lowest BCUT2D eigenvalue weighted by atomic mass is 10.2. The van der Waals surface area contributed by atoms with Crippen LogP contribution in [0, 0.1) is 11.3 Å². The van der Waals surface area contributed by atoms with E-state index in [1.165, 1.54) is 0 Å². The molecule has 2 aromatic heterocycles. The van der Waals surface area contributed by atoms with E-state index in [9.17, 15) is 0 Å². The van der Waals surface area contributed by atoms with Crippen molar-refractivity contribution in [2.75, 3.05) is 5.73 Å². The van der Waals surface area contributed by atoms with Crippen molar-refractivity contribution in [1.82, 2.24) is 14.5 Å². The number of nitrogen functional groups attached to an aromatic ring is 1. The quantitative estimate of drug-likeness (QED) is 0.864. The van der Waals surface area contributed by atoms with Crippen molar-refractivity contribution in [1.29, 1.82) is 5.26 Å². The van der Waals surface area contributed by atoms with Crippen molar-refractivity contribution < 1.29 is 0 Å². The number of pyridine rings is 1. The Labute approximate surface area is 99.5 Å². The number of nitriles is 1. The number of hydrogen-bond donors (Lipinski definition) is 1. The van der Waals surface area contributed by atoms with Gasteiger partial charge < -0.3 is 5.73 Å². The molecule has 5 nitrogen and oxygen atoms in total. The third-order valence-corrected chi connectivity index (χ3v) is 2.43. The molecule has 0 amide bonds. The number of hydrogen-bond acceptors (Lipinski definition) is 4. The molecule has 17 heavy (non-hydrogen) atoms. The molecule has 0 saturated carbocycles. The van der Waals surface area contributed by atoms with Gasteiger partial charge in [-0.15, -0.1) is 0 Å². The van der Waals surface area contributed by atoms with E-state index in [4.69, 9.17) is 11.0 Å². The summed E-state index contributed by atoms with van der Waals surface area (Å²) in [6.45, 7) is 2.08. The Morgan fingerprint density at radius 2 is 2.29 bits per heavy atom. The van der Waals surface area contributed by atoms with E-state index in [1.54, 1.807) is 18.5 Å². The minimum Gasteiger partial charge on any atom is -0.397 e. The van der Waals surface area contributed by atoms with E-state index in [2.05, 4.69) is 23.0 Å². The standard InChI is InChI=1S/C12H13N5/c1-2-3-11-15-4-5-17(11)12-9(7-13)6-10(14)8-16-12/h4-6,8H,2-3,14H2,1H3. The Balaban J connectivity index is 2.53. The van der Waals surface area contributed by atoms with Gasteiger partial charge in [0.2, 0.25) is 0 Å². The third-order valence-electron chi connectivity index (χ3n) is 2.43. The highest BCUT2D eigenvalue weighted by molar-refractivity contribution is 5.52. The average Bonchev–Trinajstić information content (AvgIpc) is 2.77. The van der Waals surface area contributed by atoms with Gasteiger partial charge in [-0.25, -0.2) is 9.97 Å². The maximum atomic E-state index is 9.08. The van der Waals surface area contributed by atoms with Crippen LogP contribution in [-0.2, 0) is 6.42 Å². The molecule has 0 aliphatic carbocycles. The molecule has 0 aromatic carbocycles. The van der Waals surface area contributed by atoms with Crippen molar-refractivity contribution in [3.05, 3.63) is 36.0 Å². The van der Waals surface area contributed by atoms with E-state index < -0.39 is 0 Å². The smallest absolute Gasteiger partial charge is 0.156 e. The largest absolute Gasteiger partial charge is 0.397 e. The fourth-order valence-corrected chi connectivity index (χ4v) is 1.68. The number of nitrogens with zero attached hydrogens (tertiary/aromatic N) is 4. The fraction of sp³-hybridized carbons (Fsp3) is 0.250. The van der Waals surface area contributed by atoms with Crippen molar-refractivity contribution in [3.63, 3.8) is 0 Å². The molecule has 0 bridgehead atoms. The maximum Gasteiger partial charge on any atom is 0.156 e.